The van der Waals surface area contributed by atoms with Gasteiger partial charge in [0, 0.05) is 4.90 Å². The molecule has 0 bridgehead atoms. The molecule has 0 aromatic heterocycles. The third-order valence-corrected chi connectivity index (χ3v) is 5.75. The van der Waals surface area contributed by atoms with Gasteiger partial charge in [-0.3, -0.25) is 4.79 Å². The lowest BCUT2D eigenvalue weighted by atomic mass is 9.75. The number of benzene rings is 1. The number of hydrogen-bond donors (Lipinski definition) is 1. The zero-order chi connectivity index (χ0) is 17.7. The average Bonchev–Trinajstić information content (AvgIpc) is 2.53. The lowest BCUT2D eigenvalue weighted by Crippen LogP contribution is -2.36. The fourth-order valence-corrected chi connectivity index (χ4v) is 4.19. The van der Waals surface area contributed by atoms with Crippen molar-refractivity contribution in [3.05, 3.63) is 29.8 Å². The van der Waals surface area contributed by atoms with E-state index < -0.39 is 5.97 Å². The number of rotatable bonds is 6. The second kappa shape index (κ2) is 8.56. The van der Waals surface area contributed by atoms with E-state index in [0.29, 0.717) is 22.6 Å². The molecule has 4 nitrogen and oxygen atoms in total. The first-order valence-corrected chi connectivity index (χ1v) is 9.51. The molecule has 0 saturated heterocycles. The Morgan fingerprint density at radius 3 is 2.67 bits per heavy atom. The molecule has 1 aromatic carbocycles. The van der Waals surface area contributed by atoms with Crippen molar-refractivity contribution >= 4 is 23.7 Å². The number of esters is 1. The minimum atomic E-state index is -0.979. The van der Waals surface area contributed by atoms with Crippen LogP contribution in [0.4, 0.5) is 0 Å². The van der Waals surface area contributed by atoms with E-state index in [0.717, 1.165) is 12.8 Å². The molecule has 1 aliphatic rings. The Hall–Kier alpha value is -1.49. The van der Waals surface area contributed by atoms with E-state index in [1.165, 1.54) is 18.2 Å². The Morgan fingerprint density at radius 1 is 1.29 bits per heavy atom. The van der Waals surface area contributed by atoms with Gasteiger partial charge in [0.15, 0.2) is 0 Å². The summed E-state index contributed by atoms with van der Waals surface area (Å²) in [6, 6.07) is 6.73. The molecular weight excluding hydrogens is 324 g/mol. The molecule has 5 heteroatoms. The highest BCUT2D eigenvalue weighted by Gasteiger charge is 2.33. The summed E-state index contributed by atoms with van der Waals surface area (Å²) in [6.45, 7) is 6.56. The highest BCUT2D eigenvalue weighted by molar-refractivity contribution is 8.00. The Morgan fingerprint density at radius 2 is 2.00 bits per heavy atom. The van der Waals surface area contributed by atoms with Crippen molar-refractivity contribution in [2.75, 3.05) is 5.75 Å². The van der Waals surface area contributed by atoms with Crippen molar-refractivity contribution in [2.24, 2.45) is 17.8 Å². The molecule has 132 valence electrons. The van der Waals surface area contributed by atoms with Crippen LogP contribution in [-0.4, -0.2) is 28.9 Å². The van der Waals surface area contributed by atoms with Crippen LogP contribution in [-0.2, 0) is 9.53 Å². The van der Waals surface area contributed by atoms with Gasteiger partial charge in [-0.25, -0.2) is 4.79 Å². The number of hydrogen-bond acceptors (Lipinski definition) is 4. The molecule has 1 aromatic rings. The van der Waals surface area contributed by atoms with Gasteiger partial charge in [0.25, 0.3) is 0 Å². The molecule has 2 rings (SSSR count). The van der Waals surface area contributed by atoms with Crippen LogP contribution < -0.4 is 0 Å². The maximum absolute atomic E-state index is 12.3. The average molecular weight is 350 g/mol. The van der Waals surface area contributed by atoms with E-state index in [9.17, 15) is 14.7 Å². The van der Waals surface area contributed by atoms with Crippen molar-refractivity contribution in [1.82, 2.24) is 0 Å². The second-order valence-corrected chi connectivity index (χ2v) is 7.96. The standard InChI is InChI=1S/C19H26O4S/c1-12(2)14-9-8-13(3)10-16(14)23-18(20)11-24-17-7-5-4-6-15(17)19(21)22/h4-7,12-14,16H,8-11H2,1-3H3,(H,21,22)/t13-,14+,16-/m1/s1. The fraction of sp³-hybridized carbons (Fsp3) is 0.579. The summed E-state index contributed by atoms with van der Waals surface area (Å²) in [6.07, 6.45) is 3.20. The highest BCUT2D eigenvalue weighted by Crippen LogP contribution is 2.35. The maximum atomic E-state index is 12.3. The first kappa shape index (κ1) is 18.8. The smallest absolute Gasteiger partial charge is 0.336 e. The van der Waals surface area contributed by atoms with Gasteiger partial charge in [0.05, 0.1) is 11.3 Å². The normalized spacial score (nSPS) is 23.9. The molecule has 0 amide bonds. The predicted octanol–water partition coefficient (Wildman–Crippen LogP) is 4.48. The molecule has 3 atom stereocenters. The van der Waals surface area contributed by atoms with Gasteiger partial charge in [0.2, 0.25) is 0 Å². The number of carbonyl (C=O) groups excluding carboxylic acids is 1. The topological polar surface area (TPSA) is 63.6 Å². The van der Waals surface area contributed by atoms with Gasteiger partial charge in [-0.15, -0.1) is 11.8 Å². The number of carboxylic acids is 1. The molecule has 0 heterocycles. The lowest BCUT2D eigenvalue weighted by Gasteiger charge is -2.36. The first-order chi connectivity index (χ1) is 11.4. The third kappa shape index (κ3) is 5.00. The molecule has 0 unspecified atom stereocenters. The summed E-state index contributed by atoms with van der Waals surface area (Å²) in [5.41, 5.74) is 0.224. The zero-order valence-electron chi connectivity index (χ0n) is 14.5. The minimum Gasteiger partial charge on any atom is -0.478 e. The quantitative estimate of drug-likeness (QED) is 0.605. The number of aromatic carboxylic acids is 1. The highest BCUT2D eigenvalue weighted by atomic mass is 32.2. The Labute approximate surface area is 148 Å². The van der Waals surface area contributed by atoms with Crippen LogP contribution in [0.2, 0.25) is 0 Å². The van der Waals surface area contributed by atoms with Gasteiger partial charge < -0.3 is 9.84 Å². The van der Waals surface area contributed by atoms with Crippen molar-refractivity contribution in [2.45, 2.75) is 51.0 Å². The van der Waals surface area contributed by atoms with Gasteiger partial charge in [-0.05, 0) is 42.7 Å². The molecule has 0 radical (unpaired) electrons. The maximum Gasteiger partial charge on any atom is 0.336 e. The first-order valence-electron chi connectivity index (χ1n) is 8.53. The van der Waals surface area contributed by atoms with E-state index in [4.69, 9.17) is 4.74 Å². The van der Waals surface area contributed by atoms with Gasteiger partial charge >= 0.3 is 11.9 Å². The Balaban J connectivity index is 1.94. The summed E-state index contributed by atoms with van der Waals surface area (Å²) in [7, 11) is 0. The van der Waals surface area contributed by atoms with Crippen LogP contribution in [0, 0.1) is 17.8 Å². The third-order valence-electron chi connectivity index (χ3n) is 4.71. The molecular formula is C19H26O4S. The van der Waals surface area contributed by atoms with E-state index in [-0.39, 0.29) is 23.4 Å². The Bertz CT molecular complexity index is 584. The van der Waals surface area contributed by atoms with Crippen LogP contribution in [0.1, 0.15) is 50.4 Å². The number of ether oxygens (including phenoxy) is 1. The summed E-state index contributed by atoms with van der Waals surface area (Å²) in [5, 5.41) is 9.19. The molecule has 24 heavy (non-hydrogen) atoms. The molecule has 1 N–H and O–H groups in total. The largest absolute Gasteiger partial charge is 0.478 e. The van der Waals surface area contributed by atoms with Crippen LogP contribution >= 0.6 is 11.8 Å². The SMILES string of the molecule is CC(C)[C@@H]1CC[C@@H](C)C[C@H]1OC(=O)CSc1ccccc1C(=O)O. The van der Waals surface area contributed by atoms with Crippen molar-refractivity contribution in [1.29, 1.82) is 0 Å². The second-order valence-electron chi connectivity index (χ2n) is 6.94. The summed E-state index contributed by atoms with van der Waals surface area (Å²) < 4.78 is 5.75. The summed E-state index contributed by atoms with van der Waals surface area (Å²) in [5.74, 6) is 0.396. The van der Waals surface area contributed by atoms with Crippen LogP contribution in [0.25, 0.3) is 0 Å². The van der Waals surface area contributed by atoms with E-state index in [1.54, 1.807) is 24.3 Å². The van der Waals surface area contributed by atoms with Gasteiger partial charge in [0.1, 0.15) is 6.10 Å². The predicted molar refractivity (Wildman–Crippen MR) is 95.3 cm³/mol. The zero-order valence-corrected chi connectivity index (χ0v) is 15.3. The van der Waals surface area contributed by atoms with Gasteiger partial charge in [-0.2, -0.15) is 0 Å². The van der Waals surface area contributed by atoms with Crippen LogP contribution in [0.3, 0.4) is 0 Å². The van der Waals surface area contributed by atoms with E-state index >= 15 is 0 Å². The minimum absolute atomic E-state index is 0.0171. The van der Waals surface area contributed by atoms with Crippen LogP contribution in [0.15, 0.2) is 29.2 Å². The van der Waals surface area contributed by atoms with Crippen molar-refractivity contribution < 1.29 is 19.4 Å². The van der Waals surface area contributed by atoms with E-state index in [1.807, 2.05) is 0 Å². The summed E-state index contributed by atoms with van der Waals surface area (Å²) in [4.78, 5) is 24.1. The molecule has 1 saturated carbocycles. The lowest BCUT2D eigenvalue weighted by molar-refractivity contribution is -0.152. The molecule has 1 aliphatic carbocycles. The van der Waals surface area contributed by atoms with Gasteiger partial charge in [-0.1, -0.05) is 39.3 Å². The summed E-state index contributed by atoms with van der Waals surface area (Å²) >= 11 is 1.23. The number of carboxylic acid groups (broad SMARTS) is 1. The number of carbonyl (C=O) groups is 2. The molecule has 1 fully saturated rings. The monoisotopic (exact) mass is 350 g/mol. The molecule has 0 spiro atoms. The number of thioether (sulfide) groups is 1. The Kier molecular flexibility index (Phi) is 6.72. The van der Waals surface area contributed by atoms with E-state index in [2.05, 4.69) is 20.8 Å². The fourth-order valence-electron chi connectivity index (χ4n) is 3.36. The molecule has 0 aliphatic heterocycles. The van der Waals surface area contributed by atoms with Crippen molar-refractivity contribution in [3.63, 3.8) is 0 Å². The van der Waals surface area contributed by atoms with Crippen LogP contribution in [0.5, 0.6) is 0 Å². The van der Waals surface area contributed by atoms with Crippen molar-refractivity contribution in [3.8, 4) is 0 Å².